The van der Waals surface area contributed by atoms with Gasteiger partial charge < -0.3 is 15.4 Å². The van der Waals surface area contributed by atoms with Gasteiger partial charge in [-0.05, 0) is 41.8 Å². The average molecular weight is 284 g/mol. The Labute approximate surface area is 127 Å². The molecule has 0 amide bonds. The van der Waals surface area contributed by atoms with Gasteiger partial charge in [-0.1, -0.05) is 31.2 Å². The maximum Gasteiger partial charge on any atom is 0.118 e. The van der Waals surface area contributed by atoms with Crippen molar-refractivity contribution in [1.29, 1.82) is 0 Å². The number of methoxy groups -OCH3 is 1. The number of hydrogen-bond donors (Lipinski definition) is 1. The lowest BCUT2D eigenvalue weighted by Gasteiger charge is -2.20. The summed E-state index contributed by atoms with van der Waals surface area (Å²) < 4.78 is 5.18. The Balaban J connectivity index is 2.03. The van der Waals surface area contributed by atoms with Gasteiger partial charge in [0, 0.05) is 25.3 Å². The minimum atomic E-state index is 0.131. The fourth-order valence-corrected chi connectivity index (χ4v) is 2.31. The molecule has 2 rings (SSSR count). The molecule has 2 N–H and O–H groups in total. The number of anilines is 1. The Hall–Kier alpha value is -2.00. The molecule has 0 radical (unpaired) electrons. The fourth-order valence-electron chi connectivity index (χ4n) is 2.31. The Morgan fingerprint density at radius 2 is 1.67 bits per heavy atom. The summed E-state index contributed by atoms with van der Waals surface area (Å²) >= 11 is 0. The van der Waals surface area contributed by atoms with Crippen LogP contribution in [0.3, 0.4) is 0 Å². The van der Waals surface area contributed by atoms with Crippen molar-refractivity contribution in [3.05, 3.63) is 59.7 Å². The average Bonchev–Trinajstić information content (AvgIpc) is 2.55. The lowest BCUT2D eigenvalue weighted by molar-refractivity contribution is 0.414. The number of nitrogens with zero attached hydrogens (tertiary/aromatic N) is 1. The summed E-state index contributed by atoms with van der Waals surface area (Å²) in [5.41, 5.74) is 9.69. The van der Waals surface area contributed by atoms with Gasteiger partial charge in [-0.2, -0.15) is 0 Å². The number of rotatable bonds is 6. The Morgan fingerprint density at radius 1 is 1.05 bits per heavy atom. The zero-order valence-electron chi connectivity index (χ0n) is 13.0. The number of hydrogen-bond acceptors (Lipinski definition) is 3. The summed E-state index contributed by atoms with van der Waals surface area (Å²) in [6.45, 7) is 2.97. The van der Waals surface area contributed by atoms with E-state index in [9.17, 15) is 0 Å². The van der Waals surface area contributed by atoms with Gasteiger partial charge in [0.15, 0.2) is 0 Å². The van der Waals surface area contributed by atoms with Crippen LogP contribution >= 0.6 is 0 Å². The first-order valence-electron chi connectivity index (χ1n) is 7.33. The van der Waals surface area contributed by atoms with Crippen LogP contribution in [0.15, 0.2) is 48.5 Å². The molecule has 0 heterocycles. The van der Waals surface area contributed by atoms with Crippen molar-refractivity contribution in [2.24, 2.45) is 5.73 Å². The van der Waals surface area contributed by atoms with Gasteiger partial charge in [-0.3, -0.25) is 0 Å². The van der Waals surface area contributed by atoms with Crippen LogP contribution in [0.5, 0.6) is 5.75 Å². The summed E-state index contributed by atoms with van der Waals surface area (Å²) in [5.74, 6) is 0.888. The second kappa shape index (κ2) is 7.14. The van der Waals surface area contributed by atoms with E-state index in [1.807, 2.05) is 12.1 Å². The molecule has 2 aromatic carbocycles. The minimum absolute atomic E-state index is 0.131. The van der Waals surface area contributed by atoms with Gasteiger partial charge >= 0.3 is 0 Å². The van der Waals surface area contributed by atoms with E-state index in [0.29, 0.717) is 0 Å². The highest BCUT2D eigenvalue weighted by atomic mass is 16.5. The maximum atomic E-state index is 6.05. The molecule has 21 heavy (non-hydrogen) atoms. The summed E-state index contributed by atoms with van der Waals surface area (Å²) in [7, 11) is 3.78. The van der Waals surface area contributed by atoms with E-state index in [1.165, 1.54) is 16.8 Å². The summed E-state index contributed by atoms with van der Waals surface area (Å²) in [6.07, 6.45) is 0.959. The molecule has 0 aromatic heterocycles. The third-order valence-corrected chi connectivity index (χ3v) is 3.78. The SMILES string of the molecule is CC[C@H](N)c1ccc(N(C)Cc2ccc(OC)cc2)cc1. The van der Waals surface area contributed by atoms with Crippen LogP contribution in [0, 0.1) is 0 Å². The second-order valence-corrected chi connectivity index (χ2v) is 5.31. The van der Waals surface area contributed by atoms with Crippen LogP contribution < -0.4 is 15.4 Å². The molecule has 0 aliphatic rings. The number of nitrogens with two attached hydrogens (primary N) is 1. The van der Waals surface area contributed by atoms with Crippen LogP contribution in [-0.2, 0) is 6.54 Å². The first-order valence-corrected chi connectivity index (χ1v) is 7.33. The van der Waals surface area contributed by atoms with E-state index in [2.05, 4.69) is 55.3 Å². The van der Waals surface area contributed by atoms with E-state index >= 15 is 0 Å². The molecule has 0 fully saturated rings. The predicted octanol–water partition coefficient (Wildman–Crippen LogP) is 3.74. The van der Waals surface area contributed by atoms with E-state index in [0.717, 1.165) is 18.7 Å². The highest BCUT2D eigenvalue weighted by molar-refractivity contribution is 5.48. The molecule has 0 bridgehead atoms. The van der Waals surface area contributed by atoms with Gasteiger partial charge in [-0.25, -0.2) is 0 Å². The molecule has 2 aromatic rings. The van der Waals surface area contributed by atoms with Gasteiger partial charge in [0.1, 0.15) is 5.75 Å². The summed E-state index contributed by atoms with van der Waals surface area (Å²) in [6, 6.07) is 16.8. The molecule has 0 unspecified atom stereocenters. The molecule has 1 atom stereocenters. The molecular formula is C18H24N2O. The number of ether oxygens (including phenoxy) is 1. The predicted molar refractivity (Wildman–Crippen MR) is 88.8 cm³/mol. The maximum absolute atomic E-state index is 6.05. The first-order chi connectivity index (χ1) is 10.1. The topological polar surface area (TPSA) is 38.5 Å². The lowest BCUT2D eigenvalue weighted by Crippen LogP contribution is -2.16. The normalized spacial score (nSPS) is 12.0. The third kappa shape index (κ3) is 3.99. The van der Waals surface area contributed by atoms with Crippen molar-refractivity contribution >= 4 is 5.69 Å². The molecule has 0 spiro atoms. The third-order valence-electron chi connectivity index (χ3n) is 3.78. The van der Waals surface area contributed by atoms with Crippen LogP contribution in [0.2, 0.25) is 0 Å². The molecule has 112 valence electrons. The first kappa shape index (κ1) is 15.4. The molecule has 0 saturated heterocycles. The van der Waals surface area contributed by atoms with Crippen molar-refractivity contribution in [3.63, 3.8) is 0 Å². The Morgan fingerprint density at radius 3 is 2.19 bits per heavy atom. The Bertz CT molecular complexity index is 548. The summed E-state index contributed by atoms with van der Waals surface area (Å²) in [4.78, 5) is 2.23. The van der Waals surface area contributed by atoms with Crippen LogP contribution in [0.25, 0.3) is 0 Å². The van der Waals surface area contributed by atoms with Crippen molar-refractivity contribution in [2.75, 3.05) is 19.1 Å². The zero-order chi connectivity index (χ0) is 15.2. The molecular weight excluding hydrogens is 260 g/mol. The largest absolute Gasteiger partial charge is 0.497 e. The lowest BCUT2D eigenvalue weighted by atomic mass is 10.1. The molecule has 3 heteroatoms. The quantitative estimate of drug-likeness (QED) is 0.878. The zero-order valence-corrected chi connectivity index (χ0v) is 13.0. The van der Waals surface area contributed by atoms with Gasteiger partial charge in [0.2, 0.25) is 0 Å². The van der Waals surface area contributed by atoms with E-state index in [-0.39, 0.29) is 6.04 Å². The second-order valence-electron chi connectivity index (χ2n) is 5.31. The standard InChI is InChI=1S/C18H24N2O/c1-4-18(19)15-7-9-16(10-8-15)20(2)13-14-5-11-17(21-3)12-6-14/h5-12,18H,4,13,19H2,1-3H3/t18-/m0/s1. The van der Waals surface area contributed by atoms with Crippen LogP contribution in [-0.4, -0.2) is 14.2 Å². The van der Waals surface area contributed by atoms with Crippen molar-refractivity contribution in [1.82, 2.24) is 0 Å². The molecule has 0 aliphatic carbocycles. The minimum Gasteiger partial charge on any atom is -0.497 e. The summed E-state index contributed by atoms with van der Waals surface area (Å²) in [5, 5.41) is 0. The molecule has 0 aliphatic heterocycles. The van der Waals surface area contributed by atoms with E-state index < -0.39 is 0 Å². The highest BCUT2D eigenvalue weighted by Gasteiger charge is 2.06. The smallest absolute Gasteiger partial charge is 0.118 e. The van der Waals surface area contributed by atoms with Gasteiger partial charge in [-0.15, -0.1) is 0 Å². The van der Waals surface area contributed by atoms with Gasteiger partial charge in [0.25, 0.3) is 0 Å². The van der Waals surface area contributed by atoms with Crippen LogP contribution in [0.1, 0.15) is 30.5 Å². The van der Waals surface area contributed by atoms with Crippen molar-refractivity contribution in [3.8, 4) is 5.75 Å². The molecule has 3 nitrogen and oxygen atoms in total. The highest BCUT2D eigenvalue weighted by Crippen LogP contribution is 2.21. The van der Waals surface area contributed by atoms with E-state index in [1.54, 1.807) is 7.11 Å². The Kier molecular flexibility index (Phi) is 5.23. The van der Waals surface area contributed by atoms with E-state index in [4.69, 9.17) is 10.5 Å². The van der Waals surface area contributed by atoms with Crippen molar-refractivity contribution in [2.45, 2.75) is 25.9 Å². The monoisotopic (exact) mass is 284 g/mol. The van der Waals surface area contributed by atoms with Gasteiger partial charge in [0.05, 0.1) is 7.11 Å². The van der Waals surface area contributed by atoms with Crippen LogP contribution in [0.4, 0.5) is 5.69 Å². The van der Waals surface area contributed by atoms with Crippen molar-refractivity contribution < 1.29 is 4.74 Å². The molecule has 0 saturated carbocycles. The fraction of sp³-hybridized carbons (Fsp3) is 0.333. The number of benzene rings is 2.